The molecule has 1 atom stereocenters. The second kappa shape index (κ2) is 7.54. The zero-order valence-corrected chi connectivity index (χ0v) is 15.8. The first-order chi connectivity index (χ1) is 13.2. The standard InChI is InChI=1S/C23H25N3O/c1-2-4-16-6-7-18(13-19(16)15-24)23(27)25-20-9-8-17-10-12-26-11-3-5-22(26)21(17)14-20/h6-9,13-14,22H,2-5,10-12H2,1H3,(H,25,27). The molecule has 0 aliphatic carbocycles. The SMILES string of the molecule is CCCc1ccc(C(=O)Nc2ccc3c(c2)C2CCCN2CC3)cc1C#N. The van der Waals surface area contributed by atoms with Crippen LogP contribution in [-0.4, -0.2) is 23.9 Å². The predicted octanol–water partition coefficient (Wildman–Crippen LogP) is 4.46. The first-order valence-electron chi connectivity index (χ1n) is 9.91. The molecule has 1 fully saturated rings. The average Bonchev–Trinajstić information content (AvgIpc) is 3.18. The number of aryl methyl sites for hydroxylation is 1. The molecular weight excluding hydrogens is 334 g/mol. The van der Waals surface area contributed by atoms with Crippen LogP contribution in [0.5, 0.6) is 0 Å². The minimum absolute atomic E-state index is 0.159. The summed E-state index contributed by atoms with van der Waals surface area (Å²) in [5.41, 5.74) is 5.75. The topological polar surface area (TPSA) is 56.1 Å². The number of carbonyl (C=O) groups excluding carboxylic acids is 1. The smallest absolute Gasteiger partial charge is 0.255 e. The number of hydrogen-bond donors (Lipinski definition) is 1. The van der Waals surface area contributed by atoms with Gasteiger partial charge in [0.2, 0.25) is 0 Å². The van der Waals surface area contributed by atoms with Gasteiger partial charge in [-0.2, -0.15) is 5.26 Å². The molecule has 0 radical (unpaired) electrons. The Morgan fingerprint density at radius 2 is 2.15 bits per heavy atom. The fourth-order valence-electron chi connectivity index (χ4n) is 4.43. The van der Waals surface area contributed by atoms with Crippen LogP contribution in [0.2, 0.25) is 0 Å². The Hall–Kier alpha value is -2.64. The van der Waals surface area contributed by atoms with Crippen molar-refractivity contribution < 1.29 is 4.79 Å². The molecule has 0 saturated carbocycles. The van der Waals surface area contributed by atoms with E-state index in [9.17, 15) is 10.1 Å². The minimum Gasteiger partial charge on any atom is -0.322 e. The zero-order valence-electron chi connectivity index (χ0n) is 15.8. The van der Waals surface area contributed by atoms with Gasteiger partial charge in [-0.25, -0.2) is 0 Å². The van der Waals surface area contributed by atoms with Gasteiger partial charge < -0.3 is 5.32 Å². The summed E-state index contributed by atoms with van der Waals surface area (Å²) in [7, 11) is 0. The average molecular weight is 359 g/mol. The van der Waals surface area contributed by atoms with Crippen molar-refractivity contribution in [3.05, 3.63) is 64.2 Å². The molecule has 0 spiro atoms. The van der Waals surface area contributed by atoms with Crippen molar-refractivity contribution in [2.24, 2.45) is 0 Å². The van der Waals surface area contributed by atoms with E-state index in [2.05, 4.69) is 35.3 Å². The molecule has 2 heterocycles. The first kappa shape index (κ1) is 17.8. The summed E-state index contributed by atoms with van der Waals surface area (Å²) < 4.78 is 0. The van der Waals surface area contributed by atoms with Crippen molar-refractivity contribution in [3.8, 4) is 6.07 Å². The zero-order chi connectivity index (χ0) is 18.8. The van der Waals surface area contributed by atoms with Gasteiger partial charge in [0.1, 0.15) is 0 Å². The van der Waals surface area contributed by atoms with E-state index < -0.39 is 0 Å². The highest BCUT2D eigenvalue weighted by Crippen LogP contribution is 2.38. The number of fused-ring (bicyclic) bond motifs is 3. The van der Waals surface area contributed by atoms with Crippen molar-refractivity contribution in [2.75, 3.05) is 18.4 Å². The Kier molecular flexibility index (Phi) is 4.96. The quantitative estimate of drug-likeness (QED) is 0.877. The van der Waals surface area contributed by atoms with E-state index in [1.807, 2.05) is 18.2 Å². The number of nitriles is 1. The summed E-state index contributed by atoms with van der Waals surface area (Å²) in [5.74, 6) is -0.159. The van der Waals surface area contributed by atoms with Crippen LogP contribution in [0.1, 0.15) is 64.8 Å². The number of benzene rings is 2. The van der Waals surface area contributed by atoms with Crippen molar-refractivity contribution in [3.63, 3.8) is 0 Å². The maximum atomic E-state index is 12.7. The second-order valence-electron chi connectivity index (χ2n) is 7.55. The number of carbonyl (C=O) groups is 1. The van der Waals surface area contributed by atoms with Crippen LogP contribution in [0.4, 0.5) is 5.69 Å². The van der Waals surface area contributed by atoms with Crippen LogP contribution in [0.25, 0.3) is 0 Å². The molecule has 27 heavy (non-hydrogen) atoms. The van der Waals surface area contributed by atoms with Crippen LogP contribution >= 0.6 is 0 Å². The Bertz CT molecular complexity index is 912. The molecule has 138 valence electrons. The molecular formula is C23H25N3O. The lowest BCUT2D eigenvalue weighted by molar-refractivity contribution is 0.102. The van der Waals surface area contributed by atoms with Crippen LogP contribution < -0.4 is 5.32 Å². The maximum absolute atomic E-state index is 12.7. The summed E-state index contributed by atoms with van der Waals surface area (Å²) in [6.07, 6.45) is 5.38. The van der Waals surface area contributed by atoms with E-state index in [0.717, 1.165) is 37.1 Å². The second-order valence-corrected chi connectivity index (χ2v) is 7.55. The third-order valence-electron chi connectivity index (χ3n) is 5.81. The molecule has 1 unspecified atom stereocenters. The number of nitrogens with zero attached hydrogens (tertiary/aromatic N) is 2. The maximum Gasteiger partial charge on any atom is 0.255 e. The van der Waals surface area contributed by atoms with Gasteiger partial charge in [0.25, 0.3) is 5.91 Å². The van der Waals surface area contributed by atoms with Gasteiger partial charge >= 0.3 is 0 Å². The van der Waals surface area contributed by atoms with Gasteiger partial charge in [-0.15, -0.1) is 0 Å². The highest BCUT2D eigenvalue weighted by Gasteiger charge is 2.31. The number of amides is 1. The van der Waals surface area contributed by atoms with Gasteiger partial charge in [0.05, 0.1) is 11.6 Å². The van der Waals surface area contributed by atoms with E-state index in [-0.39, 0.29) is 5.91 Å². The Morgan fingerprint density at radius 3 is 2.96 bits per heavy atom. The lowest BCUT2D eigenvalue weighted by Crippen LogP contribution is -2.31. The monoisotopic (exact) mass is 359 g/mol. The van der Waals surface area contributed by atoms with Crippen molar-refractivity contribution in [1.29, 1.82) is 5.26 Å². The third-order valence-corrected chi connectivity index (χ3v) is 5.81. The molecule has 1 amide bonds. The summed E-state index contributed by atoms with van der Waals surface area (Å²) in [6, 6.07) is 14.5. The molecule has 0 bridgehead atoms. The summed E-state index contributed by atoms with van der Waals surface area (Å²) in [4.78, 5) is 15.3. The van der Waals surface area contributed by atoms with Crippen molar-refractivity contribution in [1.82, 2.24) is 4.90 Å². The van der Waals surface area contributed by atoms with E-state index in [1.54, 1.807) is 6.07 Å². The summed E-state index contributed by atoms with van der Waals surface area (Å²) >= 11 is 0. The highest BCUT2D eigenvalue weighted by molar-refractivity contribution is 6.04. The fourth-order valence-corrected chi connectivity index (χ4v) is 4.43. The third kappa shape index (κ3) is 3.48. The van der Waals surface area contributed by atoms with E-state index in [0.29, 0.717) is 17.2 Å². The molecule has 2 aromatic rings. The predicted molar refractivity (Wildman–Crippen MR) is 107 cm³/mol. The Morgan fingerprint density at radius 1 is 1.26 bits per heavy atom. The first-order valence-corrected chi connectivity index (χ1v) is 9.91. The molecule has 2 aromatic carbocycles. The largest absolute Gasteiger partial charge is 0.322 e. The Balaban J connectivity index is 1.55. The molecule has 2 aliphatic heterocycles. The van der Waals surface area contributed by atoms with Gasteiger partial charge in [-0.1, -0.05) is 25.5 Å². The molecule has 1 N–H and O–H groups in total. The van der Waals surface area contributed by atoms with E-state index >= 15 is 0 Å². The van der Waals surface area contributed by atoms with E-state index in [1.165, 1.54) is 30.5 Å². The molecule has 4 rings (SSSR count). The molecule has 2 aliphatic rings. The van der Waals surface area contributed by atoms with Crippen LogP contribution in [-0.2, 0) is 12.8 Å². The lowest BCUT2D eigenvalue weighted by atomic mass is 9.92. The van der Waals surface area contributed by atoms with Gasteiger partial charge in [0.15, 0.2) is 0 Å². The Labute approximate surface area is 160 Å². The van der Waals surface area contributed by atoms with Gasteiger partial charge in [0, 0.05) is 23.8 Å². The molecule has 4 nitrogen and oxygen atoms in total. The van der Waals surface area contributed by atoms with Crippen molar-refractivity contribution >= 4 is 11.6 Å². The number of hydrogen-bond acceptors (Lipinski definition) is 3. The van der Waals surface area contributed by atoms with Crippen molar-refractivity contribution in [2.45, 2.75) is 45.1 Å². The van der Waals surface area contributed by atoms with Gasteiger partial charge in [-0.3, -0.25) is 9.69 Å². The summed E-state index contributed by atoms with van der Waals surface area (Å²) in [6.45, 7) is 4.41. The molecule has 4 heteroatoms. The van der Waals surface area contributed by atoms with Gasteiger partial charge in [-0.05, 0) is 73.2 Å². The number of anilines is 1. The van der Waals surface area contributed by atoms with Crippen LogP contribution in [0, 0.1) is 11.3 Å². The molecule has 0 aromatic heterocycles. The number of rotatable bonds is 4. The highest BCUT2D eigenvalue weighted by atomic mass is 16.1. The normalized spacial score (nSPS) is 18.4. The summed E-state index contributed by atoms with van der Waals surface area (Å²) in [5, 5.41) is 12.4. The van der Waals surface area contributed by atoms with E-state index in [4.69, 9.17) is 0 Å². The molecule has 1 saturated heterocycles. The number of nitrogens with one attached hydrogen (secondary N) is 1. The minimum atomic E-state index is -0.159. The van der Waals surface area contributed by atoms with Crippen LogP contribution in [0.15, 0.2) is 36.4 Å². The fraction of sp³-hybridized carbons (Fsp3) is 0.391. The van der Waals surface area contributed by atoms with Crippen LogP contribution in [0.3, 0.4) is 0 Å². The lowest BCUT2D eigenvalue weighted by Gasteiger charge is -2.32.